The topological polar surface area (TPSA) is 39.7 Å². The van der Waals surface area contributed by atoms with Gasteiger partial charge in [0.1, 0.15) is 5.82 Å². The molecular weight excluding hydrogens is 350 g/mol. The minimum absolute atomic E-state index is 0.0466. The SMILES string of the molecule is CCc1ccc(N2CCN(C(=O)CN3CCC(CC)C(F)(F)C3)CC2)nc1. The molecular formula is C20H30F2N4O. The van der Waals surface area contributed by atoms with E-state index in [2.05, 4.69) is 22.9 Å². The standard InChI is InChI=1S/C20H30F2N4O/c1-3-16-5-6-18(23-13-16)25-9-11-26(12-10-25)19(27)14-24-8-7-17(4-2)20(21,22)15-24/h5-6,13,17H,3-4,7-12,14-15H2,1-2H3. The second-order valence-electron chi connectivity index (χ2n) is 7.61. The van der Waals surface area contributed by atoms with Gasteiger partial charge in [-0.15, -0.1) is 0 Å². The molecule has 0 radical (unpaired) electrons. The number of amides is 1. The van der Waals surface area contributed by atoms with E-state index in [0.717, 1.165) is 25.3 Å². The van der Waals surface area contributed by atoms with Crippen LogP contribution in [-0.4, -0.2) is 72.4 Å². The van der Waals surface area contributed by atoms with Gasteiger partial charge in [-0.3, -0.25) is 9.69 Å². The lowest BCUT2D eigenvalue weighted by Crippen LogP contribution is -2.54. The van der Waals surface area contributed by atoms with E-state index in [0.29, 0.717) is 32.5 Å². The van der Waals surface area contributed by atoms with Crippen molar-refractivity contribution in [2.75, 3.05) is 50.7 Å². The second-order valence-corrected chi connectivity index (χ2v) is 7.61. The van der Waals surface area contributed by atoms with Crippen molar-refractivity contribution < 1.29 is 13.6 Å². The molecule has 1 amide bonds. The molecule has 1 aromatic rings. The van der Waals surface area contributed by atoms with Crippen molar-refractivity contribution in [1.82, 2.24) is 14.8 Å². The molecule has 1 atom stereocenters. The maximum absolute atomic E-state index is 14.1. The predicted octanol–water partition coefficient (Wildman–Crippen LogP) is 2.66. The summed E-state index contributed by atoms with van der Waals surface area (Å²) < 4.78 is 28.2. The van der Waals surface area contributed by atoms with Gasteiger partial charge in [0.2, 0.25) is 5.91 Å². The number of pyridine rings is 1. The fourth-order valence-electron chi connectivity index (χ4n) is 3.98. The van der Waals surface area contributed by atoms with Crippen LogP contribution in [0, 0.1) is 5.92 Å². The van der Waals surface area contributed by atoms with Crippen molar-refractivity contribution in [3.05, 3.63) is 23.9 Å². The molecule has 2 fully saturated rings. The van der Waals surface area contributed by atoms with Crippen LogP contribution in [0.15, 0.2) is 18.3 Å². The van der Waals surface area contributed by atoms with Crippen LogP contribution in [0.2, 0.25) is 0 Å². The van der Waals surface area contributed by atoms with Crippen LogP contribution in [0.3, 0.4) is 0 Å². The second kappa shape index (κ2) is 8.50. The van der Waals surface area contributed by atoms with Gasteiger partial charge in [0.25, 0.3) is 5.92 Å². The Morgan fingerprint density at radius 2 is 1.93 bits per heavy atom. The molecule has 0 aliphatic carbocycles. The highest BCUT2D eigenvalue weighted by Crippen LogP contribution is 2.34. The van der Waals surface area contributed by atoms with Crippen LogP contribution in [-0.2, 0) is 11.2 Å². The van der Waals surface area contributed by atoms with Crippen molar-refractivity contribution in [2.45, 2.75) is 39.0 Å². The molecule has 5 nitrogen and oxygen atoms in total. The lowest BCUT2D eigenvalue weighted by atomic mass is 9.90. The fourth-order valence-corrected chi connectivity index (χ4v) is 3.98. The van der Waals surface area contributed by atoms with Crippen molar-refractivity contribution >= 4 is 11.7 Å². The Labute approximate surface area is 160 Å². The van der Waals surface area contributed by atoms with E-state index in [1.807, 2.05) is 19.2 Å². The number of aromatic nitrogens is 1. The van der Waals surface area contributed by atoms with Crippen LogP contribution in [0.25, 0.3) is 0 Å². The summed E-state index contributed by atoms with van der Waals surface area (Å²) in [6.07, 6.45) is 3.81. The van der Waals surface area contributed by atoms with Crippen molar-refractivity contribution in [3.63, 3.8) is 0 Å². The zero-order valence-corrected chi connectivity index (χ0v) is 16.3. The Balaban J connectivity index is 1.48. The monoisotopic (exact) mass is 380 g/mol. The number of nitrogens with zero attached hydrogens (tertiary/aromatic N) is 4. The minimum Gasteiger partial charge on any atom is -0.353 e. The van der Waals surface area contributed by atoms with Gasteiger partial charge in [-0.05, 0) is 37.4 Å². The zero-order chi connectivity index (χ0) is 19.4. The van der Waals surface area contributed by atoms with Gasteiger partial charge >= 0.3 is 0 Å². The maximum Gasteiger partial charge on any atom is 0.263 e. The van der Waals surface area contributed by atoms with E-state index in [1.54, 1.807) is 9.80 Å². The van der Waals surface area contributed by atoms with E-state index in [4.69, 9.17) is 0 Å². The Kier molecular flexibility index (Phi) is 6.29. The number of carbonyl (C=O) groups is 1. The molecule has 1 unspecified atom stereocenters. The highest BCUT2D eigenvalue weighted by molar-refractivity contribution is 5.78. The van der Waals surface area contributed by atoms with Gasteiger partial charge in [-0.2, -0.15) is 0 Å². The Bertz CT molecular complexity index is 629. The molecule has 0 aromatic carbocycles. The molecule has 3 rings (SSSR count). The number of hydrogen-bond acceptors (Lipinski definition) is 4. The average Bonchev–Trinajstić information content (AvgIpc) is 2.67. The highest BCUT2D eigenvalue weighted by atomic mass is 19.3. The molecule has 2 aliphatic rings. The first-order valence-electron chi connectivity index (χ1n) is 10.0. The number of carbonyl (C=O) groups excluding carboxylic acids is 1. The third-order valence-electron chi connectivity index (χ3n) is 5.85. The first-order chi connectivity index (χ1) is 12.9. The minimum atomic E-state index is -2.69. The maximum atomic E-state index is 14.1. The fraction of sp³-hybridized carbons (Fsp3) is 0.700. The van der Waals surface area contributed by atoms with Crippen LogP contribution in [0.5, 0.6) is 0 Å². The van der Waals surface area contributed by atoms with Crippen molar-refractivity contribution in [2.24, 2.45) is 5.92 Å². The summed E-state index contributed by atoms with van der Waals surface area (Å²) in [5.41, 5.74) is 1.20. The first-order valence-corrected chi connectivity index (χ1v) is 10.0. The average molecular weight is 380 g/mol. The molecule has 150 valence electrons. The van der Waals surface area contributed by atoms with E-state index < -0.39 is 11.8 Å². The van der Waals surface area contributed by atoms with Gasteiger partial charge in [0.15, 0.2) is 0 Å². The third kappa shape index (κ3) is 4.75. The normalized spacial score (nSPS) is 23.5. The summed E-state index contributed by atoms with van der Waals surface area (Å²) in [6, 6.07) is 4.11. The number of piperazine rings is 1. The van der Waals surface area contributed by atoms with Crippen molar-refractivity contribution in [3.8, 4) is 0 Å². The van der Waals surface area contributed by atoms with E-state index in [1.165, 1.54) is 5.56 Å². The lowest BCUT2D eigenvalue weighted by Gasteiger charge is -2.40. The van der Waals surface area contributed by atoms with Gasteiger partial charge in [0, 0.05) is 38.3 Å². The molecule has 2 aliphatic heterocycles. The molecule has 27 heavy (non-hydrogen) atoms. The summed E-state index contributed by atoms with van der Waals surface area (Å²) in [7, 11) is 0. The van der Waals surface area contributed by atoms with Gasteiger partial charge in [-0.1, -0.05) is 19.9 Å². The number of alkyl halides is 2. The molecule has 0 N–H and O–H groups in total. The summed E-state index contributed by atoms with van der Waals surface area (Å²) in [5.74, 6) is -2.36. The highest BCUT2D eigenvalue weighted by Gasteiger charge is 2.43. The predicted molar refractivity (Wildman–Crippen MR) is 102 cm³/mol. The quantitative estimate of drug-likeness (QED) is 0.787. The number of likely N-dealkylation sites (tertiary alicyclic amines) is 1. The molecule has 1 aromatic heterocycles. The zero-order valence-electron chi connectivity index (χ0n) is 16.3. The smallest absolute Gasteiger partial charge is 0.263 e. The van der Waals surface area contributed by atoms with Gasteiger partial charge in [-0.25, -0.2) is 13.8 Å². The molecule has 0 bridgehead atoms. The van der Waals surface area contributed by atoms with Crippen molar-refractivity contribution in [1.29, 1.82) is 0 Å². The Morgan fingerprint density at radius 1 is 1.19 bits per heavy atom. The van der Waals surface area contributed by atoms with Gasteiger partial charge in [0.05, 0.1) is 13.1 Å². The molecule has 0 spiro atoms. The number of piperidine rings is 1. The number of anilines is 1. The summed E-state index contributed by atoms with van der Waals surface area (Å²) in [4.78, 5) is 22.6. The molecule has 0 saturated carbocycles. The Hall–Kier alpha value is -1.76. The molecule has 2 saturated heterocycles. The van der Waals surface area contributed by atoms with Gasteiger partial charge < -0.3 is 9.80 Å². The molecule has 7 heteroatoms. The van der Waals surface area contributed by atoms with Crippen LogP contribution >= 0.6 is 0 Å². The van der Waals surface area contributed by atoms with Crippen LogP contribution in [0.1, 0.15) is 32.3 Å². The van der Waals surface area contributed by atoms with E-state index in [-0.39, 0.29) is 19.0 Å². The number of hydrogen-bond donors (Lipinski definition) is 0. The van der Waals surface area contributed by atoms with E-state index in [9.17, 15) is 13.6 Å². The largest absolute Gasteiger partial charge is 0.353 e. The third-order valence-corrected chi connectivity index (χ3v) is 5.85. The number of aryl methyl sites for hydroxylation is 1. The lowest BCUT2D eigenvalue weighted by molar-refractivity contribution is -0.140. The van der Waals surface area contributed by atoms with E-state index >= 15 is 0 Å². The molecule has 3 heterocycles. The number of rotatable bonds is 5. The first kappa shape index (κ1) is 20.0. The summed E-state index contributed by atoms with van der Waals surface area (Å²) >= 11 is 0. The summed E-state index contributed by atoms with van der Waals surface area (Å²) in [5, 5.41) is 0. The van der Waals surface area contributed by atoms with Crippen LogP contribution in [0.4, 0.5) is 14.6 Å². The summed E-state index contributed by atoms with van der Waals surface area (Å²) in [6.45, 7) is 6.94. The van der Waals surface area contributed by atoms with Crippen LogP contribution < -0.4 is 4.90 Å². The number of halogens is 2. The Morgan fingerprint density at radius 3 is 2.48 bits per heavy atom.